The van der Waals surface area contributed by atoms with Crippen molar-refractivity contribution in [1.29, 1.82) is 0 Å². The van der Waals surface area contributed by atoms with Crippen LogP contribution >= 0.6 is 12.2 Å². The predicted octanol–water partition coefficient (Wildman–Crippen LogP) is 5.51. The zero-order valence-corrected chi connectivity index (χ0v) is 14.8. The van der Waals surface area contributed by atoms with Crippen LogP contribution in [0.2, 0.25) is 0 Å². The molecule has 0 aromatic heterocycles. The highest BCUT2D eigenvalue weighted by atomic mass is 32.1. The Balaban J connectivity index is 1.53. The van der Waals surface area contributed by atoms with Gasteiger partial charge in [0.2, 0.25) is 0 Å². The molecule has 3 aromatic carbocycles. The maximum absolute atomic E-state index is 10.1. The van der Waals surface area contributed by atoms with Gasteiger partial charge in [-0.05, 0) is 28.7 Å². The quantitative estimate of drug-likeness (QED) is 0.470. The molecule has 0 radical (unpaired) electrons. The van der Waals surface area contributed by atoms with Crippen LogP contribution in [0.15, 0.2) is 84.9 Å². The van der Waals surface area contributed by atoms with Crippen molar-refractivity contribution >= 4 is 17.2 Å². The molecule has 1 N–H and O–H groups in total. The maximum atomic E-state index is 10.1. The Morgan fingerprint density at radius 1 is 0.720 bits per heavy atom. The Hall–Kier alpha value is -2.49. The highest BCUT2D eigenvalue weighted by molar-refractivity contribution is 7.80. The second-order valence-corrected chi connectivity index (χ2v) is 6.47. The molecular formula is C22H21NOS. The summed E-state index contributed by atoms with van der Waals surface area (Å²) in [5.41, 5.74) is 4.68. The van der Waals surface area contributed by atoms with Gasteiger partial charge < -0.3 is 0 Å². The van der Waals surface area contributed by atoms with E-state index in [9.17, 15) is 5.21 Å². The lowest BCUT2D eigenvalue weighted by Gasteiger charge is -2.18. The van der Waals surface area contributed by atoms with Crippen molar-refractivity contribution in [2.75, 3.05) is 0 Å². The smallest absolute Gasteiger partial charge is 0.104 e. The number of hydroxylamine groups is 2. The minimum Gasteiger partial charge on any atom is -0.288 e. The van der Waals surface area contributed by atoms with Crippen molar-refractivity contribution < 1.29 is 5.21 Å². The SMILES string of the molecule is ON(Cc1ccccc1)C(=S)CCc1ccc(-c2ccccc2)cc1. The Labute approximate surface area is 154 Å². The molecule has 126 valence electrons. The van der Waals surface area contributed by atoms with E-state index < -0.39 is 0 Å². The van der Waals surface area contributed by atoms with Crippen LogP contribution in [0.1, 0.15) is 17.5 Å². The molecule has 3 aromatic rings. The molecule has 0 spiro atoms. The first-order valence-corrected chi connectivity index (χ1v) is 8.81. The lowest BCUT2D eigenvalue weighted by molar-refractivity contribution is -0.0219. The van der Waals surface area contributed by atoms with Crippen molar-refractivity contribution in [3.05, 3.63) is 96.1 Å². The van der Waals surface area contributed by atoms with Gasteiger partial charge in [0, 0.05) is 6.42 Å². The first kappa shape index (κ1) is 17.3. The minimum atomic E-state index is 0.423. The molecule has 0 aliphatic rings. The third-order valence-corrected chi connectivity index (χ3v) is 4.57. The third kappa shape index (κ3) is 4.99. The summed E-state index contributed by atoms with van der Waals surface area (Å²) in [6.07, 6.45) is 1.48. The normalized spacial score (nSPS) is 10.4. The van der Waals surface area contributed by atoms with Gasteiger partial charge in [-0.25, -0.2) is 5.06 Å². The number of hydrogen-bond donors (Lipinski definition) is 1. The number of nitrogens with zero attached hydrogens (tertiary/aromatic N) is 1. The molecule has 0 unspecified atom stereocenters. The van der Waals surface area contributed by atoms with Crippen LogP contribution in [0.5, 0.6) is 0 Å². The predicted molar refractivity (Wildman–Crippen MR) is 107 cm³/mol. The summed E-state index contributed by atoms with van der Waals surface area (Å²) < 4.78 is 0. The minimum absolute atomic E-state index is 0.423. The van der Waals surface area contributed by atoms with Gasteiger partial charge in [0.15, 0.2) is 0 Å². The number of hydrogen-bond acceptors (Lipinski definition) is 2. The van der Waals surface area contributed by atoms with Gasteiger partial charge in [0.05, 0.1) is 6.54 Å². The van der Waals surface area contributed by atoms with Crippen LogP contribution in [0.4, 0.5) is 0 Å². The molecule has 0 aliphatic carbocycles. The zero-order valence-electron chi connectivity index (χ0n) is 14.0. The van der Waals surface area contributed by atoms with Gasteiger partial charge in [0.1, 0.15) is 4.99 Å². The van der Waals surface area contributed by atoms with Crippen LogP contribution in [-0.4, -0.2) is 15.3 Å². The molecule has 0 heterocycles. The summed E-state index contributed by atoms with van der Waals surface area (Å²) in [5.74, 6) is 0. The Morgan fingerprint density at radius 3 is 1.92 bits per heavy atom. The van der Waals surface area contributed by atoms with Gasteiger partial charge >= 0.3 is 0 Å². The third-order valence-electron chi connectivity index (χ3n) is 4.15. The average Bonchev–Trinajstić information content (AvgIpc) is 2.68. The Bertz CT molecular complexity index is 800. The maximum Gasteiger partial charge on any atom is 0.104 e. The summed E-state index contributed by atoms with van der Waals surface area (Å²) in [7, 11) is 0. The van der Waals surface area contributed by atoms with E-state index in [1.807, 2.05) is 48.5 Å². The molecule has 0 fully saturated rings. The van der Waals surface area contributed by atoms with Gasteiger partial charge in [-0.2, -0.15) is 0 Å². The summed E-state index contributed by atoms with van der Waals surface area (Å²) in [6.45, 7) is 0.423. The fourth-order valence-electron chi connectivity index (χ4n) is 2.72. The topological polar surface area (TPSA) is 23.5 Å². The summed E-state index contributed by atoms with van der Waals surface area (Å²) in [5, 5.41) is 11.3. The molecule has 0 atom stereocenters. The molecule has 0 aliphatic heterocycles. The van der Waals surface area contributed by atoms with Crippen LogP contribution in [0, 0.1) is 0 Å². The van der Waals surface area contributed by atoms with E-state index in [1.165, 1.54) is 21.8 Å². The highest BCUT2D eigenvalue weighted by Gasteiger charge is 2.08. The van der Waals surface area contributed by atoms with Crippen LogP contribution < -0.4 is 0 Å². The number of rotatable bonds is 6. The van der Waals surface area contributed by atoms with Crippen molar-refractivity contribution in [3.63, 3.8) is 0 Å². The fraction of sp³-hybridized carbons (Fsp3) is 0.136. The largest absolute Gasteiger partial charge is 0.288 e. The zero-order chi connectivity index (χ0) is 17.5. The monoisotopic (exact) mass is 347 g/mol. The number of aryl methyl sites for hydroxylation is 1. The average molecular weight is 347 g/mol. The first-order valence-electron chi connectivity index (χ1n) is 8.40. The van der Waals surface area contributed by atoms with E-state index >= 15 is 0 Å². The van der Waals surface area contributed by atoms with E-state index in [1.54, 1.807) is 0 Å². The second kappa shape index (κ2) is 8.56. The van der Waals surface area contributed by atoms with Crippen LogP contribution in [0.25, 0.3) is 11.1 Å². The van der Waals surface area contributed by atoms with E-state index in [2.05, 4.69) is 36.4 Å². The van der Waals surface area contributed by atoms with Crippen molar-refractivity contribution in [1.82, 2.24) is 5.06 Å². The first-order chi connectivity index (χ1) is 12.2. The van der Waals surface area contributed by atoms with E-state index in [0.29, 0.717) is 18.0 Å². The molecular weight excluding hydrogens is 326 g/mol. The molecule has 2 nitrogen and oxygen atoms in total. The molecule has 0 amide bonds. The molecule has 0 saturated carbocycles. The van der Waals surface area contributed by atoms with E-state index in [4.69, 9.17) is 12.2 Å². The molecule has 0 bridgehead atoms. The van der Waals surface area contributed by atoms with Crippen LogP contribution in [-0.2, 0) is 13.0 Å². The van der Waals surface area contributed by atoms with Gasteiger partial charge in [-0.1, -0.05) is 97.1 Å². The summed E-state index contributed by atoms with van der Waals surface area (Å²) in [6, 6.07) is 28.7. The number of thiocarbonyl (C=S) groups is 1. The summed E-state index contributed by atoms with van der Waals surface area (Å²) >= 11 is 5.35. The van der Waals surface area contributed by atoms with E-state index in [0.717, 1.165) is 12.0 Å². The van der Waals surface area contributed by atoms with Crippen molar-refractivity contribution in [2.45, 2.75) is 19.4 Å². The molecule has 3 heteroatoms. The Kier molecular flexibility index (Phi) is 5.94. The molecule has 25 heavy (non-hydrogen) atoms. The lowest BCUT2D eigenvalue weighted by atomic mass is 10.0. The highest BCUT2D eigenvalue weighted by Crippen LogP contribution is 2.20. The van der Waals surface area contributed by atoms with Crippen molar-refractivity contribution in [3.8, 4) is 11.1 Å². The fourth-order valence-corrected chi connectivity index (χ4v) is 2.89. The second-order valence-electron chi connectivity index (χ2n) is 6.00. The summed E-state index contributed by atoms with van der Waals surface area (Å²) in [4.78, 5) is 0.566. The van der Waals surface area contributed by atoms with Gasteiger partial charge in [-0.15, -0.1) is 0 Å². The number of benzene rings is 3. The van der Waals surface area contributed by atoms with Gasteiger partial charge in [-0.3, -0.25) is 5.21 Å². The lowest BCUT2D eigenvalue weighted by Crippen LogP contribution is -2.25. The standard InChI is InChI=1S/C22H21NOS/c24-23(17-19-7-3-1-4-8-19)22(25)16-13-18-11-14-21(15-12-18)20-9-5-2-6-10-20/h1-12,14-15,24H,13,16-17H2. The molecule has 0 saturated heterocycles. The van der Waals surface area contributed by atoms with Crippen molar-refractivity contribution in [2.24, 2.45) is 0 Å². The molecule has 3 rings (SSSR count). The van der Waals surface area contributed by atoms with Crippen LogP contribution in [0.3, 0.4) is 0 Å². The van der Waals surface area contributed by atoms with Gasteiger partial charge in [0.25, 0.3) is 0 Å². The Morgan fingerprint density at radius 2 is 1.28 bits per heavy atom. The van der Waals surface area contributed by atoms with E-state index in [-0.39, 0.29) is 0 Å².